The van der Waals surface area contributed by atoms with Crippen molar-refractivity contribution in [1.82, 2.24) is 43.6 Å². The Kier molecular flexibility index (Phi) is 18.9. The molecule has 0 aliphatic heterocycles. The molecule has 0 fully saturated rings. The van der Waals surface area contributed by atoms with Crippen LogP contribution < -0.4 is 0 Å². The maximum atomic E-state index is 8.84. The normalized spacial score (nSPS) is 12.8. The SMILES string of the molecule is [2H]c1c([2H])c([2H])c(-c2cc(-c3ccc(-c4ccccc4)cc3)cc(-c3ccc4c(c3)c3nc5ccccc5nc3n4-c3c([2H])c([2H])c([2H])c([2H])c3[2H])c2)c([2H])c1[2H].[2H]c1c([2H])c([2H])c(-n2c3ccc(-c4cc(-c5ccccc5)cc(-c5ccc(-c6ccccc6)cc5)c4)cc3c3nc4ccccc4nc32)c([2H])c1[2H].c1ccc(-c2cccc(-c3cc(-c4cccc(-c5ccccc5)c4)cc(-c4ccc5c(c4)c4nc6ccccc6nc4n5-c4ccccc4)c3)c2)cc1. The number of benzene rings is 22. The smallest absolute Gasteiger partial charge is 0.165 e. The van der Waals surface area contributed by atoms with Crippen LogP contribution in [0, 0.1) is 0 Å². The molecule has 0 spiro atoms. The van der Waals surface area contributed by atoms with Crippen molar-refractivity contribution >= 4 is 99.3 Å². The lowest BCUT2D eigenvalue weighted by Gasteiger charge is -2.14. The summed E-state index contributed by atoms with van der Waals surface area (Å²) in [5.41, 5.74) is 37.0. The fourth-order valence-electron chi connectivity index (χ4n) is 20.0. The molecule has 0 unspecified atom stereocenters. The van der Waals surface area contributed by atoms with Gasteiger partial charge in [0.05, 0.1) is 70.2 Å². The lowest BCUT2D eigenvalue weighted by Crippen LogP contribution is -1.96. The lowest BCUT2D eigenvalue weighted by molar-refractivity contribution is 1.14. The van der Waals surface area contributed by atoms with Crippen molar-refractivity contribution in [2.75, 3.05) is 0 Å². The molecule has 0 amide bonds. The highest BCUT2D eigenvalue weighted by Gasteiger charge is 2.24. The van der Waals surface area contributed by atoms with E-state index in [0.29, 0.717) is 77.5 Å². The van der Waals surface area contributed by atoms with Crippen LogP contribution in [0.2, 0.25) is 0 Å². The summed E-state index contributed by atoms with van der Waals surface area (Å²) in [5.74, 6) is 0. The van der Waals surface area contributed by atoms with E-state index in [0.717, 1.165) is 128 Å². The first-order chi connectivity index (χ1) is 79.0. The molecule has 9 heteroatoms. The van der Waals surface area contributed by atoms with Crippen LogP contribution >= 0.6 is 0 Å². The van der Waals surface area contributed by atoms with E-state index in [4.69, 9.17) is 50.5 Å². The van der Waals surface area contributed by atoms with Gasteiger partial charge in [-0.2, -0.15) is 0 Å². The predicted molar refractivity (Wildman–Crippen MR) is 612 cm³/mol. The van der Waals surface area contributed by atoms with E-state index >= 15 is 0 Å². The Bertz CT molecular complexity index is 10600. The molecule has 0 radical (unpaired) electrons. The second-order valence-electron chi connectivity index (χ2n) is 36.2. The topological polar surface area (TPSA) is 92.1 Å². The van der Waals surface area contributed by atoms with Gasteiger partial charge in [-0.3, -0.25) is 13.7 Å². The van der Waals surface area contributed by atoms with Gasteiger partial charge in [-0.05, 0) is 320 Å². The fraction of sp³-hybridized carbons (Fsp3) is 0. The molecule has 6 heterocycles. The minimum atomic E-state index is -0.502. The minimum absolute atomic E-state index is 0.0376. The van der Waals surface area contributed by atoms with Gasteiger partial charge in [0.25, 0.3) is 0 Å². The molecule has 9 nitrogen and oxygen atoms in total. The summed E-state index contributed by atoms with van der Waals surface area (Å²) in [6.45, 7) is 0. The van der Waals surface area contributed by atoms with Crippen LogP contribution in [0.4, 0.5) is 0 Å². The Hall–Kier alpha value is -19.7. The number of hydrogen-bond donors (Lipinski definition) is 0. The van der Waals surface area contributed by atoms with E-state index in [1.165, 1.54) is 38.9 Å². The van der Waals surface area contributed by atoms with E-state index in [9.17, 15) is 0 Å². The van der Waals surface area contributed by atoms with Crippen LogP contribution in [0.25, 0.3) is 261 Å². The molecule has 0 atom stereocenters. The maximum Gasteiger partial charge on any atom is 0.165 e. The zero-order chi connectivity index (χ0) is 111. The number of fused-ring (bicyclic) bond motifs is 12. The minimum Gasteiger partial charge on any atom is -0.293 e. The van der Waals surface area contributed by atoms with E-state index in [1.807, 2.05) is 200 Å². The Morgan fingerprint density at radius 3 is 0.626 bits per heavy atom. The molecule has 0 saturated carbocycles. The fourth-order valence-corrected chi connectivity index (χ4v) is 20.0. The summed E-state index contributed by atoms with van der Waals surface area (Å²) >= 11 is 0. The van der Waals surface area contributed by atoms with Gasteiger partial charge >= 0.3 is 0 Å². The number of aromatic nitrogens is 9. The number of para-hydroxylation sites is 9. The number of rotatable bonds is 16. The standard InChI is InChI=1S/C50H33N3.2C44H29N3/c1-4-14-34(15-5-1)36-18-12-20-38(28-36)41-30-42(39-21-13-19-37(29-39)35-16-6-2-7-17-35)32-43(31-41)40-26-27-48-45(33-40)49-50(53(48)44-22-8-3-9-23-44)52-47-25-11-10-24-46(47)51-49;2*1-4-12-30(13-5-1)32-20-22-33(23-21-32)36-26-35(31-14-6-2-7-15-31)27-37(28-36)34-24-25-42-39(29-34)43-44(47(42)38-16-8-3-9-17-38)46-41-19-11-10-18-40(41)45-43/h1-33H;2*1-29H/i;2D,3D,6D,7D,8D,9D,14D,15D,16D,17D;3D,8D,9D,16D,17D. The summed E-state index contributed by atoms with van der Waals surface area (Å²) in [7, 11) is 0. The quantitative estimate of drug-likeness (QED) is 0.0957. The molecule has 0 saturated heterocycles. The monoisotopic (exact) mass is 1890 g/mol. The van der Waals surface area contributed by atoms with Crippen LogP contribution in [-0.4, -0.2) is 43.6 Å². The van der Waals surface area contributed by atoms with Gasteiger partial charge in [0.15, 0.2) is 16.9 Å². The Morgan fingerprint density at radius 2 is 0.327 bits per heavy atom. The van der Waals surface area contributed by atoms with E-state index in [-0.39, 0.29) is 53.2 Å². The van der Waals surface area contributed by atoms with Gasteiger partial charge in [0.1, 0.15) is 16.6 Å². The van der Waals surface area contributed by atoms with Gasteiger partial charge in [0, 0.05) is 33.2 Å². The molecular weight excluding hydrogens is 1780 g/mol. The summed E-state index contributed by atoms with van der Waals surface area (Å²) in [5, 5.41) is 2.44. The lowest BCUT2D eigenvalue weighted by atomic mass is 9.91. The molecule has 147 heavy (non-hydrogen) atoms. The average Bonchev–Trinajstić information content (AvgIpc) is 1.58. The van der Waals surface area contributed by atoms with Crippen molar-refractivity contribution in [3.63, 3.8) is 0 Å². The molecule has 688 valence electrons. The Labute approximate surface area is 871 Å². The van der Waals surface area contributed by atoms with Gasteiger partial charge in [-0.15, -0.1) is 0 Å². The van der Waals surface area contributed by atoms with Gasteiger partial charge in [-0.25, -0.2) is 29.9 Å². The second-order valence-corrected chi connectivity index (χ2v) is 36.2. The third-order valence-corrected chi connectivity index (χ3v) is 27.2. The van der Waals surface area contributed by atoms with Crippen LogP contribution in [0.1, 0.15) is 20.6 Å². The molecular formula is C138H91N9. The first kappa shape index (κ1) is 72.5. The van der Waals surface area contributed by atoms with E-state index in [1.54, 1.807) is 27.3 Å². The highest BCUT2D eigenvalue weighted by Crippen LogP contribution is 2.45. The summed E-state index contributed by atoms with van der Waals surface area (Å²) < 4.78 is 134. The van der Waals surface area contributed by atoms with Gasteiger partial charge in [-0.1, -0.05) is 376 Å². The van der Waals surface area contributed by atoms with Crippen LogP contribution in [0.3, 0.4) is 0 Å². The maximum absolute atomic E-state index is 8.84. The van der Waals surface area contributed by atoms with Crippen molar-refractivity contribution in [3.8, 4) is 162 Å². The third kappa shape index (κ3) is 17.2. The molecule has 0 bridgehead atoms. The molecule has 6 aromatic heterocycles. The summed E-state index contributed by atoms with van der Waals surface area (Å²) in [4.78, 5) is 30.3. The van der Waals surface area contributed by atoms with Gasteiger partial charge < -0.3 is 0 Å². The van der Waals surface area contributed by atoms with Crippen molar-refractivity contribution in [2.24, 2.45) is 0 Å². The predicted octanol–water partition coefficient (Wildman–Crippen LogP) is 35.9. The zero-order valence-electron chi connectivity index (χ0n) is 93.9. The highest BCUT2D eigenvalue weighted by molar-refractivity contribution is 6.13. The zero-order valence-corrected chi connectivity index (χ0v) is 78.9. The first-order valence-corrected chi connectivity index (χ1v) is 48.6. The van der Waals surface area contributed by atoms with Crippen LogP contribution in [-0.2, 0) is 0 Å². The Balaban J connectivity index is 0.000000120. The molecule has 28 aromatic rings. The molecule has 22 aromatic carbocycles. The summed E-state index contributed by atoms with van der Waals surface area (Å²) in [6.07, 6.45) is 0. The largest absolute Gasteiger partial charge is 0.293 e. The van der Waals surface area contributed by atoms with Crippen molar-refractivity contribution in [3.05, 3.63) is 552 Å². The van der Waals surface area contributed by atoms with Crippen molar-refractivity contribution in [1.29, 1.82) is 0 Å². The number of hydrogen-bond acceptors (Lipinski definition) is 6. The molecule has 28 rings (SSSR count). The van der Waals surface area contributed by atoms with Gasteiger partial charge in [0.2, 0.25) is 0 Å². The van der Waals surface area contributed by atoms with Crippen molar-refractivity contribution in [2.45, 2.75) is 0 Å². The Morgan fingerprint density at radius 1 is 0.136 bits per heavy atom. The summed E-state index contributed by atoms with van der Waals surface area (Å²) in [6, 6.07) is 151. The van der Waals surface area contributed by atoms with E-state index in [2.05, 4.69) is 247 Å². The molecule has 0 aliphatic rings. The van der Waals surface area contributed by atoms with Crippen LogP contribution in [0.15, 0.2) is 552 Å². The average molecular weight is 1890 g/mol. The van der Waals surface area contributed by atoms with E-state index < -0.39 is 54.4 Å². The first-order valence-electron chi connectivity index (χ1n) is 56.1. The van der Waals surface area contributed by atoms with Crippen molar-refractivity contribution < 1.29 is 20.6 Å². The number of nitrogens with zero attached hydrogens (tertiary/aromatic N) is 9. The molecule has 0 aliphatic carbocycles. The van der Waals surface area contributed by atoms with Crippen LogP contribution in [0.5, 0.6) is 0 Å². The highest BCUT2D eigenvalue weighted by atomic mass is 15.1. The molecule has 0 N–H and O–H groups in total. The third-order valence-electron chi connectivity index (χ3n) is 27.2. The second kappa shape index (κ2) is 38.4.